The number of aromatic nitrogens is 4. The van der Waals surface area contributed by atoms with E-state index in [9.17, 15) is 4.79 Å². The van der Waals surface area contributed by atoms with Crippen LogP contribution in [0.15, 0.2) is 24.3 Å². The van der Waals surface area contributed by atoms with Crippen LogP contribution in [0.5, 0.6) is 0 Å². The Morgan fingerprint density at radius 3 is 2.96 bits per heavy atom. The second-order valence-electron chi connectivity index (χ2n) is 6.59. The highest BCUT2D eigenvalue weighted by molar-refractivity contribution is 7.15. The molecule has 1 saturated heterocycles. The molecule has 0 bridgehead atoms. The molecule has 0 radical (unpaired) electrons. The molecule has 1 amide bonds. The van der Waals surface area contributed by atoms with Crippen molar-refractivity contribution in [3.63, 3.8) is 0 Å². The number of nitrogens with zero attached hydrogens (tertiary/aromatic N) is 5. The number of nitrogens with one attached hydrogen (secondary N) is 1. The number of para-hydroxylation sites is 2. The minimum Gasteiger partial charge on any atom is -0.341 e. The van der Waals surface area contributed by atoms with Gasteiger partial charge in [-0.1, -0.05) is 30.4 Å². The fraction of sp³-hybridized carbons (Fsp3) is 0.444. The number of amides is 1. The molecule has 1 fully saturated rings. The molecule has 26 heavy (non-hydrogen) atoms. The molecular formula is C18H22N6OS. The second-order valence-corrected chi connectivity index (χ2v) is 7.65. The van der Waals surface area contributed by atoms with Crippen LogP contribution in [0, 0.1) is 5.92 Å². The lowest BCUT2D eigenvalue weighted by Gasteiger charge is -2.32. The number of rotatable bonds is 4. The molecule has 1 atom stereocenters. The zero-order valence-corrected chi connectivity index (χ0v) is 15.8. The monoisotopic (exact) mass is 370 g/mol. The molecule has 0 saturated carbocycles. The molecule has 0 aliphatic carbocycles. The predicted molar refractivity (Wildman–Crippen MR) is 104 cm³/mol. The highest BCUT2D eigenvalue weighted by Gasteiger charge is 2.28. The second kappa shape index (κ2) is 7.03. The van der Waals surface area contributed by atoms with Gasteiger partial charge in [-0.15, -0.1) is 10.2 Å². The number of aryl methyl sites for hydroxylation is 2. The zero-order chi connectivity index (χ0) is 18.1. The first-order valence-electron chi connectivity index (χ1n) is 8.95. The van der Waals surface area contributed by atoms with Gasteiger partial charge in [0.25, 0.3) is 0 Å². The summed E-state index contributed by atoms with van der Waals surface area (Å²) in [5, 5.41) is 12.6. The van der Waals surface area contributed by atoms with Gasteiger partial charge in [0, 0.05) is 20.1 Å². The SMILES string of the molecule is CCc1nnc(NC(=O)[C@H]2CCCN(c3nc4ccccc4n3C)C2)s1. The fourth-order valence-electron chi connectivity index (χ4n) is 3.44. The maximum Gasteiger partial charge on any atom is 0.231 e. The van der Waals surface area contributed by atoms with E-state index >= 15 is 0 Å². The number of fused-ring (bicyclic) bond motifs is 1. The van der Waals surface area contributed by atoms with Crippen LogP contribution in [-0.2, 0) is 18.3 Å². The quantitative estimate of drug-likeness (QED) is 0.764. The molecule has 1 aliphatic rings. The van der Waals surface area contributed by atoms with Crippen LogP contribution in [0.25, 0.3) is 11.0 Å². The fourth-order valence-corrected chi connectivity index (χ4v) is 4.13. The van der Waals surface area contributed by atoms with Crippen LogP contribution < -0.4 is 10.2 Å². The van der Waals surface area contributed by atoms with Crippen LogP contribution in [0.3, 0.4) is 0 Å². The molecule has 3 aromatic rings. The van der Waals surface area contributed by atoms with Gasteiger partial charge in [-0.3, -0.25) is 4.79 Å². The number of anilines is 2. The van der Waals surface area contributed by atoms with E-state index in [-0.39, 0.29) is 11.8 Å². The molecule has 1 aromatic carbocycles. The minimum atomic E-state index is -0.0717. The van der Waals surface area contributed by atoms with Crippen molar-refractivity contribution in [2.75, 3.05) is 23.3 Å². The maximum absolute atomic E-state index is 12.7. The summed E-state index contributed by atoms with van der Waals surface area (Å²) < 4.78 is 2.11. The third-order valence-electron chi connectivity index (χ3n) is 4.84. The summed E-state index contributed by atoms with van der Waals surface area (Å²) in [7, 11) is 2.03. The predicted octanol–water partition coefficient (Wildman–Crippen LogP) is 2.84. The third-order valence-corrected chi connectivity index (χ3v) is 5.82. The van der Waals surface area contributed by atoms with E-state index in [1.54, 1.807) is 0 Å². The maximum atomic E-state index is 12.7. The van der Waals surface area contributed by atoms with Crippen molar-refractivity contribution < 1.29 is 4.79 Å². The number of carbonyl (C=O) groups excluding carboxylic acids is 1. The Morgan fingerprint density at radius 1 is 1.35 bits per heavy atom. The van der Waals surface area contributed by atoms with E-state index in [4.69, 9.17) is 4.98 Å². The molecule has 0 unspecified atom stereocenters. The summed E-state index contributed by atoms with van der Waals surface area (Å²) in [5.41, 5.74) is 2.09. The van der Waals surface area contributed by atoms with E-state index in [2.05, 4.69) is 31.0 Å². The van der Waals surface area contributed by atoms with E-state index < -0.39 is 0 Å². The summed E-state index contributed by atoms with van der Waals surface area (Å²) in [4.78, 5) is 19.7. The first-order chi connectivity index (χ1) is 12.7. The first kappa shape index (κ1) is 17.0. The van der Waals surface area contributed by atoms with Gasteiger partial charge in [0.2, 0.25) is 17.0 Å². The number of piperidine rings is 1. The van der Waals surface area contributed by atoms with Gasteiger partial charge in [-0.2, -0.15) is 0 Å². The smallest absolute Gasteiger partial charge is 0.231 e. The van der Waals surface area contributed by atoms with Gasteiger partial charge in [0.05, 0.1) is 17.0 Å². The summed E-state index contributed by atoms with van der Waals surface area (Å²) in [6, 6.07) is 8.11. The average molecular weight is 370 g/mol. The number of benzene rings is 1. The van der Waals surface area contributed by atoms with Crippen LogP contribution in [0.4, 0.5) is 11.1 Å². The molecule has 4 rings (SSSR count). The van der Waals surface area contributed by atoms with Crippen molar-refractivity contribution in [2.45, 2.75) is 26.2 Å². The van der Waals surface area contributed by atoms with Gasteiger partial charge in [-0.25, -0.2) is 4.98 Å². The van der Waals surface area contributed by atoms with Crippen molar-refractivity contribution in [2.24, 2.45) is 13.0 Å². The van der Waals surface area contributed by atoms with Gasteiger partial charge in [0.15, 0.2) is 0 Å². The molecular weight excluding hydrogens is 348 g/mol. The largest absolute Gasteiger partial charge is 0.341 e. The molecule has 136 valence electrons. The van der Waals surface area contributed by atoms with Crippen LogP contribution in [0.2, 0.25) is 0 Å². The van der Waals surface area contributed by atoms with Crippen molar-refractivity contribution in [1.82, 2.24) is 19.7 Å². The van der Waals surface area contributed by atoms with Gasteiger partial charge >= 0.3 is 0 Å². The molecule has 1 N–H and O–H groups in total. The van der Waals surface area contributed by atoms with Crippen molar-refractivity contribution in [3.05, 3.63) is 29.3 Å². The Morgan fingerprint density at radius 2 is 2.19 bits per heavy atom. The van der Waals surface area contributed by atoms with E-state index in [0.29, 0.717) is 11.7 Å². The molecule has 8 heteroatoms. The van der Waals surface area contributed by atoms with Crippen LogP contribution in [0.1, 0.15) is 24.8 Å². The Hall–Kier alpha value is -2.48. The van der Waals surface area contributed by atoms with Crippen molar-refractivity contribution >= 4 is 39.4 Å². The Labute approximate surface area is 156 Å². The summed E-state index contributed by atoms with van der Waals surface area (Å²) in [5.74, 6) is 0.873. The lowest BCUT2D eigenvalue weighted by Crippen LogP contribution is -2.41. The topological polar surface area (TPSA) is 75.9 Å². The molecule has 7 nitrogen and oxygen atoms in total. The van der Waals surface area contributed by atoms with Crippen molar-refractivity contribution in [1.29, 1.82) is 0 Å². The lowest BCUT2D eigenvalue weighted by atomic mass is 9.97. The normalized spacial score (nSPS) is 17.6. The molecule has 1 aliphatic heterocycles. The summed E-state index contributed by atoms with van der Waals surface area (Å²) in [6.07, 6.45) is 2.68. The number of carbonyl (C=O) groups is 1. The standard InChI is InChI=1S/C18H22N6OS/c1-3-15-21-22-17(26-15)20-16(25)12-7-6-10-24(11-12)18-19-13-8-4-5-9-14(13)23(18)2/h4-5,8-9,12H,3,6-7,10-11H2,1-2H3,(H,20,22,25)/t12-/m0/s1. The lowest BCUT2D eigenvalue weighted by molar-refractivity contribution is -0.120. The van der Waals surface area contributed by atoms with Gasteiger partial charge in [0.1, 0.15) is 5.01 Å². The van der Waals surface area contributed by atoms with Crippen LogP contribution >= 0.6 is 11.3 Å². The van der Waals surface area contributed by atoms with E-state index in [0.717, 1.165) is 47.8 Å². The van der Waals surface area contributed by atoms with Crippen LogP contribution in [-0.4, -0.2) is 38.7 Å². The minimum absolute atomic E-state index is 0.0206. The molecule has 3 heterocycles. The van der Waals surface area contributed by atoms with Gasteiger partial charge < -0.3 is 14.8 Å². The van der Waals surface area contributed by atoms with E-state index in [1.807, 2.05) is 32.2 Å². The highest BCUT2D eigenvalue weighted by atomic mass is 32.1. The summed E-state index contributed by atoms with van der Waals surface area (Å²) >= 11 is 1.44. The van der Waals surface area contributed by atoms with E-state index in [1.165, 1.54) is 11.3 Å². The molecule has 0 spiro atoms. The highest BCUT2D eigenvalue weighted by Crippen LogP contribution is 2.27. The molecule has 2 aromatic heterocycles. The Kier molecular flexibility index (Phi) is 4.58. The first-order valence-corrected chi connectivity index (χ1v) is 9.77. The summed E-state index contributed by atoms with van der Waals surface area (Å²) in [6.45, 7) is 3.62. The number of imidazole rings is 1. The number of hydrogen-bond donors (Lipinski definition) is 1. The third kappa shape index (κ3) is 3.16. The Balaban J connectivity index is 1.49. The number of hydrogen-bond acceptors (Lipinski definition) is 6. The Bertz CT molecular complexity index is 933. The zero-order valence-electron chi connectivity index (χ0n) is 15.0. The van der Waals surface area contributed by atoms with Crippen molar-refractivity contribution in [3.8, 4) is 0 Å². The average Bonchev–Trinajstić information content (AvgIpc) is 3.26. The van der Waals surface area contributed by atoms with Gasteiger partial charge in [-0.05, 0) is 31.4 Å².